The minimum atomic E-state index is -0.188. The van der Waals surface area contributed by atoms with Gasteiger partial charge in [0.05, 0.1) is 14.2 Å². The molecule has 0 radical (unpaired) electrons. The molecule has 1 N–H and O–H groups in total. The number of hydrogen-bond acceptors (Lipinski definition) is 3. The van der Waals surface area contributed by atoms with Gasteiger partial charge in [-0.2, -0.15) is 0 Å². The van der Waals surface area contributed by atoms with Gasteiger partial charge in [-0.3, -0.25) is 0 Å². The molecular formula is C19H22FNO2. The van der Waals surface area contributed by atoms with Gasteiger partial charge in [-0.1, -0.05) is 12.1 Å². The van der Waals surface area contributed by atoms with Crippen LogP contribution in [-0.2, 0) is 12.8 Å². The highest BCUT2D eigenvalue weighted by atomic mass is 19.1. The molecule has 0 saturated heterocycles. The van der Waals surface area contributed by atoms with Gasteiger partial charge in [-0.05, 0) is 66.8 Å². The highest BCUT2D eigenvalue weighted by Gasteiger charge is 2.22. The van der Waals surface area contributed by atoms with Crippen LogP contribution in [0, 0.1) is 5.82 Å². The summed E-state index contributed by atoms with van der Waals surface area (Å²) in [6.07, 6.45) is 2.86. The van der Waals surface area contributed by atoms with Crippen molar-refractivity contribution in [3.8, 4) is 11.5 Å². The van der Waals surface area contributed by atoms with Crippen LogP contribution in [0.25, 0.3) is 0 Å². The predicted octanol–water partition coefficient (Wildman–Crippen LogP) is 3.66. The van der Waals surface area contributed by atoms with Crippen LogP contribution in [0.15, 0.2) is 36.4 Å². The minimum Gasteiger partial charge on any atom is -0.493 e. The number of rotatable bonds is 5. The van der Waals surface area contributed by atoms with E-state index < -0.39 is 0 Å². The quantitative estimate of drug-likeness (QED) is 0.913. The molecule has 1 aliphatic rings. The Morgan fingerprint density at radius 1 is 1.09 bits per heavy atom. The zero-order valence-corrected chi connectivity index (χ0v) is 13.6. The van der Waals surface area contributed by atoms with Crippen LogP contribution in [-0.4, -0.2) is 20.8 Å². The molecule has 0 saturated carbocycles. The van der Waals surface area contributed by atoms with Crippen molar-refractivity contribution in [2.24, 2.45) is 0 Å². The average molecular weight is 315 g/mol. The molecule has 0 aliphatic carbocycles. The first-order valence-corrected chi connectivity index (χ1v) is 7.94. The Morgan fingerprint density at radius 2 is 1.78 bits per heavy atom. The Balaban J connectivity index is 1.79. The van der Waals surface area contributed by atoms with Crippen molar-refractivity contribution in [3.05, 3.63) is 58.9 Å². The second-order valence-corrected chi connectivity index (χ2v) is 5.83. The highest BCUT2D eigenvalue weighted by molar-refractivity contribution is 5.49. The van der Waals surface area contributed by atoms with Crippen LogP contribution in [0.2, 0.25) is 0 Å². The summed E-state index contributed by atoms with van der Waals surface area (Å²) in [4.78, 5) is 0. The van der Waals surface area contributed by atoms with Crippen molar-refractivity contribution < 1.29 is 13.9 Å². The van der Waals surface area contributed by atoms with Gasteiger partial charge >= 0.3 is 0 Å². The van der Waals surface area contributed by atoms with Crippen LogP contribution in [0.3, 0.4) is 0 Å². The van der Waals surface area contributed by atoms with E-state index in [1.54, 1.807) is 14.2 Å². The molecule has 2 aromatic rings. The molecule has 4 heteroatoms. The number of halogens is 1. The smallest absolute Gasteiger partial charge is 0.161 e. The minimum absolute atomic E-state index is 0.188. The molecule has 1 heterocycles. The zero-order valence-electron chi connectivity index (χ0n) is 13.6. The number of nitrogens with one attached hydrogen (secondary N) is 1. The molecule has 0 aromatic heterocycles. The number of ether oxygens (including phenoxy) is 2. The fourth-order valence-electron chi connectivity index (χ4n) is 3.19. The van der Waals surface area contributed by atoms with Gasteiger partial charge < -0.3 is 14.8 Å². The van der Waals surface area contributed by atoms with Crippen LogP contribution < -0.4 is 14.8 Å². The molecular weight excluding hydrogens is 293 g/mol. The molecule has 2 aromatic carbocycles. The number of aryl methyl sites for hydroxylation is 1. The Labute approximate surface area is 136 Å². The van der Waals surface area contributed by atoms with Crippen LogP contribution in [0.1, 0.15) is 29.2 Å². The van der Waals surface area contributed by atoms with Gasteiger partial charge in [0.15, 0.2) is 11.5 Å². The fraction of sp³-hybridized carbons (Fsp3) is 0.368. The van der Waals surface area contributed by atoms with E-state index in [2.05, 4.69) is 17.4 Å². The molecule has 1 aliphatic heterocycles. The van der Waals surface area contributed by atoms with Gasteiger partial charge in [0.2, 0.25) is 0 Å². The summed E-state index contributed by atoms with van der Waals surface area (Å²) < 4.78 is 23.8. The lowest BCUT2D eigenvalue weighted by Crippen LogP contribution is -2.30. The lowest BCUT2D eigenvalue weighted by atomic mass is 9.90. The normalized spacial score (nSPS) is 16.7. The fourth-order valence-corrected chi connectivity index (χ4v) is 3.19. The van der Waals surface area contributed by atoms with Crippen LogP contribution in [0.4, 0.5) is 4.39 Å². The summed E-state index contributed by atoms with van der Waals surface area (Å²) >= 11 is 0. The Morgan fingerprint density at radius 3 is 2.48 bits per heavy atom. The maximum Gasteiger partial charge on any atom is 0.161 e. The second kappa shape index (κ2) is 7.01. The first-order chi connectivity index (χ1) is 11.2. The van der Waals surface area contributed by atoms with E-state index >= 15 is 0 Å². The Bertz CT molecular complexity index is 670. The van der Waals surface area contributed by atoms with E-state index in [4.69, 9.17) is 9.47 Å². The number of benzene rings is 2. The van der Waals surface area contributed by atoms with E-state index in [1.165, 1.54) is 23.3 Å². The SMILES string of the molecule is COc1cc2c(cc1OC)[C@@H](CCc1ccc(F)cc1)NCC2. The Kier molecular flexibility index (Phi) is 4.82. The van der Waals surface area contributed by atoms with Crippen molar-refractivity contribution >= 4 is 0 Å². The first kappa shape index (κ1) is 15.8. The van der Waals surface area contributed by atoms with Crippen molar-refractivity contribution in [1.29, 1.82) is 0 Å². The summed E-state index contributed by atoms with van der Waals surface area (Å²) in [7, 11) is 3.32. The van der Waals surface area contributed by atoms with Gasteiger partial charge in [0.1, 0.15) is 5.82 Å². The summed E-state index contributed by atoms with van der Waals surface area (Å²) in [5, 5.41) is 3.58. The molecule has 0 spiro atoms. The van der Waals surface area contributed by atoms with Gasteiger partial charge in [-0.25, -0.2) is 4.39 Å². The van der Waals surface area contributed by atoms with Crippen molar-refractivity contribution in [2.45, 2.75) is 25.3 Å². The van der Waals surface area contributed by atoms with Crippen LogP contribution in [0.5, 0.6) is 11.5 Å². The van der Waals surface area contributed by atoms with E-state index in [0.29, 0.717) is 0 Å². The lowest BCUT2D eigenvalue weighted by molar-refractivity contribution is 0.351. The van der Waals surface area contributed by atoms with Gasteiger partial charge in [0.25, 0.3) is 0 Å². The van der Waals surface area contributed by atoms with Crippen molar-refractivity contribution in [3.63, 3.8) is 0 Å². The molecule has 0 bridgehead atoms. The molecule has 3 rings (SSSR count). The predicted molar refractivity (Wildman–Crippen MR) is 88.7 cm³/mol. The highest BCUT2D eigenvalue weighted by Crippen LogP contribution is 2.36. The van der Waals surface area contributed by atoms with E-state index in [-0.39, 0.29) is 11.9 Å². The van der Waals surface area contributed by atoms with Gasteiger partial charge in [0, 0.05) is 6.04 Å². The third kappa shape index (κ3) is 3.48. The van der Waals surface area contributed by atoms with E-state index in [9.17, 15) is 4.39 Å². The lowest BCUT2D eigenvalue weighted by Gasteiger charge is -2.28. The summed E-state index contributed by atoms with van der Waals surface area (Å²) in [6.45, 7) is 0.955. The zero-order chi connectivity index (χ0) is 16.2. The monoisotopic (exact) mass is 315 g/mol. The van der Waals surface area contributed by atoms with Gasteiger partial charge in [-0.15, -0.1) is 0 Å². The van der Waals surface area contributed by atoms with Crippen molar-refractivity contribution in [2.75, 3.05) is 20.8 Å². The molecule has 122 valence electrons. The molecule has 23 heavy (non-hydrogen) atoms. The average Bonchev–Trinajstić information content (AvgIpc) is 2.60. The second-order valence-electron chi connectivity index (χ2n) is 5.83. The standard InChI is InChI=1S/C19H22FNO2/c1-22-18-11-14-9-10-21-17(16(14)12-19(18)23-2)8-5-13-3-6-15(20)7-4-13/h3-4,6-7,11-12,17,21H,5,8-10H2,1-2H3/t17-/m1/s1. The third-order valence-electron chi connectivity index (χ3n) is 4.44. The molecule has 3 nitrogen and oxygen atoms in total. The van der Waals surface area contributed by atoms with Crippen LogP contribution >= 0.6 is 0 Å². The number of hydrogen-bond donors (Lipinski definition) is 1. The topological polar surface area (TPSA) is 30.5 Å². The first-order valence-electron chi connectivity index (χ1n) is 7.94. The van der Waals surface area contributed by atoms with Crippen molar-refractivity contribution in [1.82, 2.24) is 5.32 Å². The maximum atomic E-state index is 13.0. The number of methoxy groups -OCH3 is 2. The molecule has 0 unspecified atom stereocenters. The maximum absolute atomic E-state index is 13.0. The van der Waals surface area contributed by atoms with E-state index in [0.717, 1.165) is 42.9 Å². The number of fused-ring (bicyclic) bond motifs is 1. The Hall–Kier alpha value is -2.07. The largest absolute Gasteiger partial charge is 0.493 e. The molecule has 0 amide bonds. The molecule has 0 fully saturated rings. The molecule has 1 atom stereocenters. The summed E-state index contributed by atoms with van der Waals surface area (Å²) in [5.41, 5.74) is 3.74. The third-order valence-corrected chi connectivity index (χ3v) is 4.44. The van der Waals surface area contributed by atoms with E-state index in [1.807, 2.05) is 12.1 Å². The summed E-state index contributed by atoms with van der Waals surface area (Å²) in [6, 6.07) is 11.2. The summed E-state index contributed by atoms with van der Waals surface area (Å²) in [5.74, 6) is 1.36.